The van der Waals surface area contributed by atoms with E-state index in [0.717, 1.165) is 29.8 Å². The van der Waals surface area contributed by atoms with Gasteiger partial charge in [-0.05, 0) is 23.3 Å². The van der Waals surface area contributed by atoms with Gasteiger partial charge >= 0.3 is 5.97 Å². The Bertz CT molecular complexity index is 758. The van der Waals surface area contributed by atoms with Crippen LogP contribution < -0.4 is 0 Å². The molecule has 23 heavy (non-hydrogen) atoms. The van der Waals surface area contributed by atoms with Gasteiger partial charge in [0.2, 0.25) is 0 Å². The lowest BCUT2D eigenvalue weighted by Gasteiger charge is -2.27. The van der Waals surface area contributed by atoms with Gasteiger partial charge < -0.3 is 5.11 Å². The monoisotopic (exact) mass is 313 g/mol. The molecule has 0 saturated carbocycles. The van der Waals surface area contributed by atoms with Crippen molar-refractivity contribution in [3.05, 3.63) is 69.0 Å². The van der Waals surface area contributed by atoms with E-state index in [1.807, 2.05) is 0 Å². The van der Waals surface area contributed by atoms with E-state index in [2.05, 4.69) is 9.88 Å². The third kappa shape index (κ3) is 3.35. The van der Waals surface area contributed by atoms with Crippen molar-refractivity contribution in [2.75, 3.05) is 6.54 Å². The van der Waals surface area contributed by atoms with Crippen molar-refractivity contribution in [2.45, 2.75) is 19.5 Å². The highest BCUT2D eigenvalue weighted by Crippen LogP contribution is 2.22. The van der Waals surface area contributed by atoms with Crippen molar-refractivity contribution < 1.29 is 14.8 Å². The molecule has 1 aliphatic heterocycles. The molecule has 1 aromatic heterocycles. The second-order valence-corrected chi connectivity index (χ2v) is 5.52. The number of rotatable bonds is 4. The van der Waals surface area contributed by atoms with Gasteiger partial charge in [-0.25, -0.2) is 4.79 Å². The lowest BCUT2D eigenvalue weighted by Crippen LogP contribution is -2.30. The number of hydrogen-bond donors (Lipinski definition) is 1. The van der Waals surface area contributed by atoms with Gasteiger partial charge in [-0.15, -0.1) is 0 Å². The number of carboxylic acid groups (broad SMARTS) is 1. The largest absolute Gasteiger partial charge is 0.478 e. The minimum absolute atomic E-state index is 0.0106. The molecular weight excluding hydrogens is 298 g/mol. The van der Waals surface area contributed by atoms with Crippen molar-refractivity contribution in [2.24, 2.45) is 0 Å². The molecule has 2 heterocycles. The highest BCUT2D eigenvalue weighted by molar-refractivity contribution is 5.87. The Hall–Kier alpha value is -2.80. The van der Waals surface area contributed by atoms with E-state index in [-0.39, 0.29) is 11.3 Å². The number of pyridine rings is 1. The average Bonchev–Trinajstić information content (AvgIpc) is 2.54. The summed E-state index contributed by atoms with van der Waals surface area (Å²) in [7, 11) is 0. The van der Waals surface area contributed by atoms with Gasteiger partial charge in [-0.2, -0.15) is 0 Å². The lowest BCUT2D eigenvalue weighted by molar-refractivity contribution is -0.385. The SMILES string of the molecule is O=C(O)c1ccc(CN2CCc3ncc([N+](=O)[O-])cc3C2)cc1. The van der Waals surface area contributed by atoms with Gasteiger partial charge in [0.15, 0.2) is 0 Å². The fourth-order valence-corrected chi connectivity index (χ4v) is 2.72. The maximum Gasteiger partial charge on any atom is 0.335 e. The van der Waals surface area contributed by atoms with Crippen LogP contribution in [0.3, 0.4) is 0 Å². The summed E-state index contributed by atoms with van der Waals surface area (Å²) in [6.45, 7) is 2.09. The maximum absolute atomic E-state index is 10.9. The summed E-state index contributed by atoms with van der Waals surface area (Å²) in [6.07, 6.45) is 2.06. The first-order chi connectivity index (χ1) is 11.0. The minimum Gasteiger partial charge on any atom is -0.478 e. The number of benzene rings is 1. The van der Waals surface area contributed by atoms with Crippen molar-refractivity contribution in [3.8, 4) is 0 Å². The Labute approximate surface area is 132 Å². The van der Waals surface area contributed by atoms with Crippen LogP contribution in [0.4, 0.5) is 5.69 Å². The Kier molecular flexibility index (Phi) is 4.03. The van der Waals surface area contributed by atoms with Crippen LogP contribution in [0, 0.1) is 10.1 Å². The molecule has 1 aromatic carbocycles. The number of aromatic carboxylic acids is 1. The normalized spacial score (nSPS) is 14.3. The van der Waals surface area contributed by atoms with Crippen LogP contribution >= 0.6 is 0 Å². The number of nitrogens with zero attached hydrogens (tertiary/aromatic N) is 3. The van der Waals surface area contributed by atoms with E-state index in [4.69, 9.17) is 5.11 Å². The molecule has 0 aliphatic carbocycles. The lowest BCUT2D eigenvalue weighted by atomic mass is 10.0. The molecule has 0 saturated heterocycles. The predicted octanol–water partition coefficient (Wildman–Crippen LogP) is 2.25. The molecule has 7 heteroatoms. The Morgan fingerprint density at radius 2 is 2.09 bits per heavy atom. The molecule has 3 rings (SSSR count). The van der Waals surface area contributed by atoms with Crippen LogP contribution in [0.25, 0.3) is 0 Å². The standard InChI is InChI=1S/C16H15N3O4/c20-16(21)12-3-1-11(2-4-12)9-18-6-5-15-13(10-18)7-14(8-17-15)19(22)23/h1-4,7-8H,5-6,9-10H2,(H,20,21). The number of carboxylic acids is 1. The number of hydrogen-bond acceptors (Lipinski definition) is 5. The first-order valence-electron chi connectivity index (χ1n) is 7.20. The molecule has 118 valence electrons. The maximum atomic E-state index is 10.9. The number of carbonyl (C=O) groups is 1. The average molecular weight is 313 g/mol. The summed E-state index contributed by atoms with van der Waals surface area (Å²) in [6, 6.07) is 8.35. The summed E-state index contributed by atoms with van der Waals surface area (Å²) in [4.78, 5) is 27.6. The molecule has 0 amide bonds. The van der Waals surface area contributed by atoms with E-state index in [0.29, 0.717) is 13.1 Å². The molecule has 2 aromatic rings. The van der Waals surface area contributed by atoms with E-state index < -0.39 is 10.9 Å². The van der Waals surface area contributed by atoms with Crippen molar-refractivity contribution in [3.63, 3.8) is 0 Å². The summed E-state index contributed by atoms with van der Waals surface area (Å²) in [5.41, 5.74) is 3.08. The molecule has 0 spiro atoms. The van der Waals surface area contributed by atoms with Crippen LogP contribution in [-0.2, 0) is 19.5 Å². The fourth-order valence-electron chi connectivity index (χ4n) is 2.72. The van der Waals surface area contributed by atoms with Gasteiger partial charge in [0.1, 0.15) is 6.20 Å². The van der Waals surface area contributed by atoms with Gasteiger partial charge in [0.25, 0.3) is 5.69 Å². The summed E-state index contributed by atoms with van der Waals surface area (Å²) < 4.78 is 0. The number of fused-ring (bicyclic) bond motifs is 1. The zero-order chi connectivity index (χ0) is 16.4. The highest BCUT2D eigenvalue weighted by atomic mass is 16.6. The van der Waals surface area contributed by atoms with Gasteiger partial charge in [-0.3, -0.25) is 20.0 Å². The van der Waals surface area contributed by atoms with Crippen LogP contribution in [0.2, 0.25) is 0 Å². The smallest absolute Gasteiger partial charge is 0.335 e. The molecule has 0 atom stereocenters. The zero-order valence-electron chi connectivity index (χ0n) is 12.3. The molecule has 0 unspecified atom stereocenters. The van der Waals surface area contributed by atoms with E-state index >= 15 is 0 Å². The van der Waals surface area contributed by atoms with Gasteiger partial charge in [-0.1, -0.05) is 12.1 Å². The Balaban J connectivity index is 1.72. The van der Waals surface area contributed by atoms with Crippen molar-refractivity contribution in [1.82, 2.24) is 9.88 Å². The van der Waals surface area contributed by atoms with Crippen molar-refractivity contribution in [1.29, 1.82) is 0 Å². The highest BCUT2D eigenvalue weighted by Gasteiger charge is 2.20. The van der Waals surface area contributed by atoms with Crippen LogP contribution in [0.15, 0.2) is 36.5 Å². The molecule has 0 radical (unpaired) electrons. The Morgan fingerprint density at radius 1 is 1.35 bits per heavy atom. The van der Waals surface area contributed by atoms with Crippen LogP contribution in [-0.4, -0.2) is 32.4 Å². The van der Waals surface area contributed by atoms with Gasteiger partial charge in [0.05, 0.1) is 10.5 Å². The molecule has 7 nitrogen and oxygen atoms in total. The van der Waals surface area contributed by atoms with E-state index in [9.17, 15) is 14.9 Å². The van der Waals surface area contributed by atoms with Crippen molar-refractivity contribution >= 4 is 11.7 Å². The minimum atomic E-state index is -0.943. The Morgan fingerprint density at radius 3 is 2.74 bits per heavy atom. The quantitative estimate of drug-likeness (QED) is 0.687. The zero-order valence-corrected chi connectivity index (χ0v) is 12.3. The fraction of sp³-hybridized carbons (Fsp3) is 0.250. The predicted molar refractivity (Wildman–Crippen MR) is 82.1 cm³/mol. The molecule has 0 fully saturated rings. The summed E-state index contributed by atoms with van der Waals surface area (Å²) >= 11 is 0. The first-order valence-corrected chi connectivity index (χ1v) is 7.20. The third-order valence-electron chi connectivity index (χ3n) is 3.92. The summed E-state index contributed by atoms with van der Waals surface area (Å²) in [5.74, 6) is -0.943. The molecular formula is C16H15N3O4. The van der Waals surface area contributed by atoms with E-state index in [1.165, 1.54) is 6.20 Å². The number of nitro groups is 1. The van der Waals surface area contributed by atoms with E-state index in [1.54, 1.807) is 30.3 Å². The first kappa shape index (κ1) is 15.1. The molecule has 1 N–H and O–H groups in total. The topological polar surface area (TPSA) is 96.6 Å². The second-order valence-electron chi connectivity index (χ2n) is 5.52. The molecule has 1 aliphatic rings. The third-order valence-corrected chi connectivity index (χ3v) is 3.92. The van der Waals surface area contributed by atoms with Crippen LogP contribution in [0.1, 0.15) is 27.2 Å². The van der Waals surface area contributed by atoms with Crippen LogP contribution in [0.5, 0.6) is 0 Å². The molecule has 0 bridgehead atoms. The van der Waals surface area contributed by atoms with Gasteiger partial charge in [0, 0.05) is 37.8 Å². The second kappa shape index (κ2) is 6.13. The number of aromatic nitrogens is 1. The summed E-state index contributed by atoms with van der Waals surface area (Å²) in [5, 5.41) is 19.8.